The molecule has 1 aromatic carbocycles. The number of phenols is 2. The summed E-state index contributed by atoms with van der Waals surface area (Å²) >= 11 is 3.69. The van der Waals surface area contributed by atoms with Crippen molar-refractivity contribution >= 4 is 35.1 Å². The monoisotopic (exact) mass is 441 g/mol. The number of nitrogens with one attached hydrogen (secondary N) is 1. The van der Waals surface area contributed by atoms with E-state index < -0.39 is 22.2 Å². The third kappa shape index (κ3) is 3.49. The van der Waals surface area contributed by atoms with Gasteiger partial charge < -0.3 is 15.5 Å². The van der Waals surface area contributed by atoms with Gasteiger partial charge in [0.05, 0.1) is 5.56 Å². The van der Waals surface area contributed by atoms with Crippen molar-refractivity contribution in [3.05, 3.63) is 42.0 Å². The maximum atomic E-state index is 13.0. The Balaban J connectivity index is 1.52. The fourth-order valence-electron chi connectivity index (χ4n) is 5.91. The number of ketones is 1. The summed E-state index contributed by atoms with van der Waals surface area (Å²) in [6, 6.07) is 2.44. The van der Waals surface area contributed by atoms with E-state index in [-0.39, 0.29) is 40.5 Å². The van der Waals surface area contributed by atoms with Crippen LogP contribution in [0.3, 0.4) is 0 Å². The minimum absolute atomic E-state index is 0.0439. The SMILES string of the molecule is C=C1C[C@]23C=CC(=O)[C@@](C)(CCC(=O)Nc4c(O)ccc(C(=O)S)c4O)[C@@H]2C[C@@H]1CC3. The van der Waals surface area contributed by atoms with Gasteiger partial charge in [0.25, 0.3) is 0 Å². The maximum Gasteiger partial charge on any atom is 0.224 e. The van der Waals surface area contributed by atoms with Gasteiger partial charge in [0.1, 0.15) is 11.4 Å². The molecule has 1 aromatic rings. The highest BCUT2D eigenvalue weighted by atomic mass is 32.1. The molecule has 2 bridgehead atoms. The lowest BCUT2D eigenvalue weighted by molar-refractivity contribution is -0.136. The van der Waals surface area contributed by atoms with Gasteiger partial charge in [0, 0.05) is 11.8 Å². The summed E-state index contributed by atoms with van der Waals surface area (Å²) in [5.41, 5.74) is 0.221. The molecule has 1 amide bonds. The molecule has 3 saturated carbocycles. The number of anilines is 1. The van der Waals surface area contributed by atoms with Crippen LogP contribution in [0.2, 0.25) is 0 Å². The number of amides is 1. The molecule has 4 aliphatic carbocycles. The predicted octanol–water partition coefficient (Wildman–Crippen LogP) is 4.39. The Morgan fingerprint density at radius 3 is 2.74 bits per heavy atom. The number of benzene rings is 1. The van der Waals surface area contributed by atoms with Gasteiger partial charge in [0.2, 0.25) is 11.0 Å². The molecule has 4 atom stereocenters. The summed E-state index contributed by atoms with van der Waals surface area (Å²) in [6.45, 7) is 6.20. The Morgan fingerprint density at radius 1 is 1.32 bits per heavy atom. The van der Waals surface area contributed by atoms with E-state index in [0.717, 1.165) is 25.7 Å². The third-order valence-electron chi connectivity index (χ3n) is 7.73. The van der Waals surface area contributed by atoms with Crippen LogP contribution >= 0.6 is 12.6 Å². The lowest BCUT2D eigenvalue weighted by Gasteiger charge is -2.59. The number of carbonyl (C=O) groups excluding carboxylic acids is 3. The number of allylic oxidation sites excluding steroid dienone is 3. The van der Waals surface area contributed by atoms with Gasteiger partial charge in [0.15, 0.2) is 11.5 Å². The van der Waals surface area contributed by atoms with Gasteiger partial charge >= 0.3 is 0 Å². The molecule has 0 unspecified atom stereocenters. The summed E-state index contributed by atoms with van der Waals surface area (Å²) in [7, 11) is 0. The van der Waals surface area contributed by atoms with Crippen molar-refractivity contribution < 1.29 is 24.6 Å². The molecule has 7 heteroatoms. The number of phenolic OH excluding ortho intramolecular Hbond substituents is 2. The van der Waals surface area contributed by atoms with E-state index in [2.05, 4.69) is 30.6 Å². The van der Waals surface area contributed by atoms with Gasteiger partial charge in [-0.2, -0.15) is 0 Å². The van der Waals surface area contributed by atoms with Crippen LogP contribution in [-0.4, -0.2) is 27.0 Å². The summed E-state index contributed by atoms with van der Waals surface area (Å²) in [5, 5.41) is 22.1. The molecule has 0 heterocycles. The van der Waals surface area contributed by atoms with Gasteiger partial charge in [-0.3, -0.25) is 14.4 Å². The van der Waals surface area contributed by atoms with Gasteiger partial charge in [-0.1, -0.05) is 25.2 Å². The van der Waals surface area contributed by atoms with Crippen LogP contribution in [0.4, 0.5) is 5.69 Å². The third-order valence-corrected chi connectivity index (χ3v) is 7.97. The van der Waals surface area contributed by atoms with Crippen LogP contribution in [0.5, 0.6) is 11.5 Å². The zero-order valence-corrected chi connectivity index (χ0v) is 18.4. The molecule has 0 radical (unpaired) electrons. The lowest BCUT2D eigenvalue weighted by atomic mass is 9.44. The van der Waals surface area contributed by atoms with Crippen LogP contribution in [-0.2, 0) is 9.59 Å². The molecule has 5 rings (SSSR count). The molecule has 3 fully saturated rings. The Labute approximate surface area is 186 Å². The Hall–Kier alpha value is -2.54. The number of hydrogen-bond donors (Lipinski definition) is 4. The fourth-order valence-corrected chi connectivity index (χ4v) is 6.09. The van der Waals surface area contributed by atoms with Crippen molar-refractivity contribution in [1.82, 2.24) is 0 Å². The first kappa shape index (κ1) is 21.7. The van der Waals surface area contributed by atoms with Crippen molar-refractivity contribution in [2.24, 2.45) is 22.7 Å². The number of carbonyl (C=O) groups is 3. The fraction of sp³-hybridized carbons (Fsp3) is 0.458. The highest BCUT2D eigenvalue weighted by Crippen LogP contribution is 2.64. The van der Waals surface area contributed by atoms with E-state index in [4.69, 9.17) is 0 Å². The first-order valence-corrected chi connectivity index (χ1v) is 11.0. The number of aromatic hydroxyl groups is 2. The molecule has 164 valence electrons. The zero-order valence-electron chi connectivity index (χ0n) is 17.5. The van der Waals surface area contributed by atoms with E-state index >= 15 is 0 Å². The summed E-state index contributed by atoms with van der Waals surface area (Å²) in [5.74, 6) is -0.677. The second-order valence-electron chi connectivity index (χ2n) is 9.42. The molecule has 0 aliphatic heterocycles. The predicted molar refractivity (Wildman–Crippen MR) is 120 cm³/mol. The topological polar surface area (TPSA) is 104 Å². The smallest absolute Gasteiger partial charge is 0.224 e. The Bertz CT molecular complexity index is 1030. The molecular weight excluding hydrogens is 414 g/mol. The van der Waals surface area contributed by atoms with Crippen molar-refractivity contribution in [2.75, 3.05) is 5.32 Å². The van der Waals surface area contributed by atoms with Crippen LogP contribution in [0.25, 0.3) is 0 Å². The molecule has 3 N–H and O–H groups in total. The maximum absolute atomic E-state index is 13.0. The quantitative estimate of drug-likeness (QED) is 0.308. The minimum Gasteiger partial charge on any atom is -0.506 e. The number of fused-ring (bicyclic) bond motifs is 2. The molecule has 0 aromatic heterocycles. The van der Waals surface area contributed by atoms with Crippen molar-refractivity contribution in [2.45, 2.75) is 45.4 Å². The van der Waals surface area contributed by atoms with Crippen LogP contribution in [0, 0.1) is 22.7 Å². The molecule has 0 saturated heterocycles. The number of thiol groups is 1. The largest absolute Gasteiger partial charge is 0.506 e. The lowest BCUT2D eigenvalue weighted by Crippen LogP contribution is -2.54. The molecular formula is C24H27NO5S. The van der Waals surface area contributed by atoms with E-state index in [9.17, 15) is 24.6 Å². The van der Waals surface area contributed by atoms with Crippen molar-refractivity contribution in [3.63, 3.8) is 0 Å². The van der Waals surface area contributed by atoms with E-state index in [1.807, 2.05) is 6.92 Å². The average molecular weight is 442 g/mol. The summed E-state index contributed by atoms with van der Waals surface area (Å²) in [4.78, 5) is 37.1. The first-order valence-electron chi connectivity index (χ1n) is 10.6. The first-order chi connectivity index (χ1) is 14.6. The Kier molecular flexibility index (Phi) is 5.28. The van der Waals surface area contributed by atoms with E-state index in [0.29, 0.717) is 12.3 Å². The van der Waals surface area contributed by atoms with Crippen LogP contribution in [0.1, 0.15) is 55.8 Å². The van der Waals surface area contributed by atoms with Gasteiger partial charge in [-0.05, 0) is 67.6 Å². The van der Waals surface area contributed by atoms with Crippen molar-refractivity contribution in [3.8, 4) is 11.5 Å². The van der Waals surface area contributed by atoms with E-state index in [1.165, 1.54) is 17.7 Å². The second kappa shape index (κ2) is 7.55. The molecule has 1 spiro atoms. The second-order valence-corrected chi connectivity index (χ2v) is 9.82. The van der Waals surface area contributed by atoms with Crippen LogP contribution in [0.15, 0.2) is 36.4 Å². The highest BCUT2D eigenvalue weighted by molar-refractivity contribution is 7.97. The standard InChI is InChI=1S/C24H27NO5S/c1-13-12-24-9-5-14(13)11-17(24)23(2,18(27)6-10-24)8-7-19(28)25-20-16(26)4-3-15(21(20)29)22(30)31/h3-4,6,10,14,17,26,29H,1,5,7-9,11-12H2,2H3,(H,25,28)(H,30,31)/t14-,17-,23-,24-/m0/s1. The zero-order chi connectivity index (χ0) is 22.6. The number of rotatable bonds is 5. The number of hydrogen-bond acceptors (Lipinski definition) is 5. The normalized spacial score (nSPS) is 31.4. The minimum atomic E-state index is -0.681. The average Bonchev–Trinajstić information content (AvgIpc) is 2.72. The highest BCUT2D eigenvalue weighted by Gasteiger charge is 2.58. The van der Waals surface area contributed by atoms with Gasteiger partial charge in [-0.25, -0.2) is 0 Å². The summed E-state index contributed by atoms with van der Waals surface area (Å²) < 4.78 is 0. The van der Waals surface area contributed by atoms with E-state index in [1.54, 1.807) is 6.08 Å². The van der Waals surface area contributed by atoms with Crippen molar-refractivity contribution in [1.29, 1.82) is 0 Å². The van der Waals surface area contributed by atoms with Crippen LogP contribution < -0.4 is 5.32 Å². The molecule has 4 aliphatic rings. The summed E-state index contributed by atoms with van der Waals surface area (Å²) in [6.07, 6.45) is 8.14. The van der Waals surface area contributed by atoms with Gasteiger partial charge in [-0.15, -0.1) is 12.6 Å². The molecule has 6 nitrogen and oxygen atoms in total. The molecule has 31 heavy (non-hydrogen) atoms. The Morgan fingerprint density at radius 2 is 2.06 bits per heavy atom.